The predicted molar refractivity (Wildman–Crippen MR) is 47.3 cm³/mol. The van der Waals surface area contributed by atoms with E-state index >= 15 is 0 Å². The molecule has 1 fully saturated rings. The average Bonchev–Trinajstić information content (AvgIpc) is 1.83. The molecule has 0 aromatic heterocycles. The van der Waals surface area contributed by atoms with Crippen molar-refractivity contribution in [2.75, 3.05) is 18.1 Å². The number of carbonyl (C=O) groups excluding carboxylic acids is 1. The lowest BCUT2D eigenvalue weighted by Gasteiger charge is -2.42. The molecule has 4 nitrogen and oxygen atoms in total. The summed E-state index contributed by atoms with van der Waals surface area (Å²) in [5.74, 6) is 0.0554. The van der Waals surface area contributed by atoms with Crippen molar-refractivity contribution in [3.63, 3.8) is 0 Å². The molecule has 0 unspecified atom stereocenters. The van der Waals surface area contributed by atoms with E-state index in [4.69, 9.17) is 9.11 Å². The first-order valence-electron chi connectivity index (χ1n) is 3.63. The summed E-state index contributed by atoms with van der Waals surface area (Å²) in [7, 11) is -2.37. The lowest BCUT2D eigenvalue weighted by Crippen LogP contribution is -2.24. The van der Waals surface area contributed by atoms with Crippen molar-refractivity contribution in [1.29, 1.82) is 0 Å². The van der Waals surface area contributed by atoms with Gasteiger partial charge in [-0.2, -0.15) is 10.6 Å². The summed E-state index contributed by atoms with van der Waals surface area (Å²) in [4.78, 5) is 10.8. The van der Waals surface area contributed by atoms with Crippen molar-refractivity contribution >= 4 is 16.6 Å². The van der Waals surface area contributed by atoms with Gasteiger partial charge < -0.3 is 4.74 Å². The van der Waals surface area contributed by atoms with Crippen LogP contribution in [-0.2, 0) is 9.53 Å². The Balaban J connectivity index is 2.36. The van der Waals surface area contributed by atoms with Crippen molar-refractivity contribution in [2.45, 2.75) is 6.92 Å². The molecule has 1 aliphatic rings. The van der Waals surface area contributed by atoms with E-state index in [0.717, 1.165) is 5.57 Å². The maximum atomic E-state index is 10.8. The van der Waals surface area contributed by atoms with Gasteiger partial charge in [0.25, 0.3) is 0 Å². The number of carbonyl (C=O) groups is 1. The molecule has 0 aromatic rings. The van der Waals surface area contributed by atoms with E-state index in [1.54, 1.807) is 6.92 Å². The number of esters is 1. The molecule has 5 heteroatoms. The second-order valence-corrected chi connectivity index (χ2v) is 4.83. The van der Waals surface area contributed by atoms with Gasteiger partial charge in [0, 0.05) is 6.08 Å². The Kier molecular flexibility index (Phi) is 2.76. The summed E-state index contributed by atoms with van der Waals surface area (Å²) in [6, 6.07) is 0. The Morgan fingerprint density at radius 3 is 2.67 bits per heavy atom. The minimum absolute atomic E-state index is 0.228. The van der Waals surface area contributed by atoms with Gasteiger partial charge in [-0.15, -0.1) is 0 Å². The minimum atomic E-state index is -2.37. The highest BCUT2D eigenvalue weighted by atomic mass is 32.3. The van der Waals surface area contributed by atoms with Crippen LogP contribution >= 0.6 is 10.6 Å². The largest absolute Gasteiger partial charge is 0.463 e. The standard InChI is InChI=1S/C7H12O4S/c1-2-11-7(8)3-6-4-12(9,10)5-6/h3,9-10H,2,4-5H2,1H3. The molecular formula is C7H12O4S. The summed E-state index contributed by atoms with van der Waals surface area (Å²) in [5.41, 5.74) is 0.758. The molecule has 70 valence electrons. The van der Waals surface area contributed by atoms with Gasteiger partial charge in [-0.25, -0.2) is 4.79 Å². The molecule has 1 saturated heterocycles. The Bertz CT molecular complexity index is 211. The number of ether oxygens (including phenoxy) is 1. The number of hydrogen-bond donors (Lipinski definition) is 2. The second-order valence-electron chi connectivity index (χ2n) is 2.65. The Morgan fingerprint density at radius 2 is 2.25 bits per heavy atom. The fourth-order valence-corrected chi connectivity index (χ4v) is 2.26. The zero-order valence-electron chi connectivity index (χ0n) is 6.82. The second kappa shape index (κ2) is 3.47. The van der Waals surface area contributed by atoms with Gasteiger partial charge in [-0.05, 0) is 12.5 Å². The van der Waals surface area contributed by atoms with Gasteiger partial charge in [-0.1, -0.05) is 0 Å². The third-order valence-corrected chi connectivity index (χ3v) is 3.11. The van der Waals surface area contributed by atoms with E-state index in [1.165, 1.54) is 6.08 Å². The smallest absolute Gasteiger partial charge is 0.330 e. The quantitative estimate of drug-likeness (QED) is 0.510. The van der Waals surface area contributed by atoms with E-state index in [2.05, 4.69) is 4.74 Å². The van der Waals surface area contributed by atoms with Crippen LogP contribution < -0.4 is 0 Å². The maximum Gasteiger partial charge on any atom is 0.330 e. The van der Waals surface area contributed by atoms with Crippen LogP contribution in [0.25, 0.3) is 0 Å². The number of rotatable bonds is 2. The molecule has 0 bridgehead atoms. The van der Waals surface area contributed by atoms with Gasteiger partial charge in [0.15, 0.2) is 0 Å². The van der Waals surface area contributed by atoms with Gasteiger partial charge in [0.1, 0.15) is 0 Å². The van der Waals surface area contributed by atoms with Gasteiger partial charge in [0.2, 0.25) is 0 Å². The summed E-state index contributed by atoms with van der Waals surface area (Å²) < 4.78 is 22.6. The Morgan fingerprint density at radius 1 is 1.67 bits per heavy atom. The summed E-state index contributed by atoms with van der Waals surface area (Å²) >= 11 is 0. The zero-order chi connectivity index (χ0) is 9.19. The van der Waals surface area contributed by atoms with Crippen LogP contribution in [0.15, 0.2) is 11.6 Å². The summed E-state index contributed by atoms with van der Waals surface area (Å²) in [6.45, 7) is 2.07. The topological polar surface area (TPSA) is 66.8 Å². The molecule has 12 heavy (non-hydrogen) atoms. The molecule has 1 aliphatic heterocycles. The zero-order valence-corrected chi connectivity index (χ0v) is 7.63. The van der Waals surface area contributed by atoms with Crippen LogP contribution in [0.1, 0.15) is 6.92 Å². The Hall–Kier alpha value is -0.520. The van der Waals surface area contributed by atoms with Crippen LogP contribution in [-0.4, -0.2) is 33.2 Å². The molecule has 1 rings (SSSR count). The first kappa shape index (κ1) is 9.57. The molecule has 0 spiro atoms. The van der Waals surface area contributed by atoms with E-state index in [1.807, 2.05) is 0 Å². The molecule has 0 aliphatic carbocycles. The fourth-order valence-electron chi connectivity index (χ4n) is 0.985. The molecule has 2 N–H and O–H groups in total. The van der Waals surface area contributed by atoms with E-state index in [0.29, 0.717) is 6.61 Å². The number of hydrogen-bond acceptors (Lipinski definition) is 4. The van der Waals surface area contributed by atoms with Gasteiger partial charge in [0.05, 0.1) is 18.1 Å². The van der Waals surface area contributed by atoms with Crippen LogP contribution in [0.3, 0.4) is 0 Å². The lowest BCUT2D eigenvalue weighted by atomic mass is 10.3. The van der Waals surface area contributed by atoms with Crippen molar-refractivity contribution < 1.29 is 18.6 Å². The van der Waals surface area contributed by atoms with Crippen molar-refractivity contribution in [2.24, 2.45) is 0 Å². The van der Waals surface area contributed by atoms with Crippen LogP contribution in [0.4, 0.5) is 0 Å². The summed E-state index contributed by atoms with van der Waals surface area (Å²) in [6.07, 6.45) is 1.33. The molecule has 0 aromatic carbocycles. The lowest BCUT2D eigenvalue weighted by molar-refractivity contribution is -0.137. The maximum absolute atomic E-state index is 10.8. The van der Waals surface area contributed by atoms with E-state index in [-0.39, 0.29) is 11.5 Å². The first-order valence-corrected chi connectivity index (χ1v) is 5.52. The van der Waals surface area contributed by atoms with Crippen molar-refractivity contribution in [3.05, 3.63) is 11.6 Å². The molecular weight excluding hydrogens is 180 g/mol. The molecule has 0 radical (unpaired) electrons. The highest BCUT2D eigenvalue weighted by Crippen LogP contribution is 2.51. The summed E-state index contributed by atoms with van der Waals surface area (Å²) in [5, 5.41) is 0. The SMILES string of the molecule is CCOC(=O)C=C1CS(O)(O)C1. The van der Waals surface area contributed by atoms with Crippen LogP contribution in [0.2, 0.25) is 0 Å². The third kappa shape index (κ3) is 2.51. The first-order chi connectivity index (χ1) is 5.53. The third-order valence-electron chi connectivity index (χ3n) is 1.44. The molecule has 0 saturated carbocycles. The highest BCUT2D eigenvalue weighted by Gasteiger charge is 2.28. The molecule has 0 atom stereocenters. The van der Waals surface area contributed by atoms with E-state index < -0.39 is 16.6 Å². The predicted octanol–water partition coefficient (Wildman–Crippen LogP) is 1.24. The monoisotopic (exact) mass is 192 g/mol. The molecule has 0 amide bonds. The minimum Gasteiger partial charge on any atom is -0.463 e. The van der Waals surface area contributed by atoms with Crippen LogP contribution in [0, 0.1) is 0 Å². The van der Waals surface area contributed by atoms with Gasteiger partial charge in [-0.3, -0.25) is 9.11 Å². The average molecular weight is 192 g/mol. The van der Waals surface area contributed by atoms with Crippen molar-refractivity contribution in [1.82, 2.24) is 0 Å². The highest BCUT2D eigenvalue weighted by molar-refractivity contribution is 8.26. The van der Waals surface area contributed by atoms with E-state index in [9.17, 15) is 4.79 Å². The fraction of sp³-hybridized carbons (Fsp3) is 0.571. The van der Waals surface area contributed by atoms with Crippen LogP contribution in [0.5, 0.6) is 0 Å². The molecule has 1 heterocycles. The van der Waals surface area contributed by atoms with Crippen molar-refractivity contribution in [3.8, 4) is 0 Å². The Labute approximate surface area is 72.6 Å². The normalized spacial score (nSPS) is 22.4. The van der Waals surface area contributed by atoms with Gasteiger partial charge >= 0.3 is 5.97 Å².